The highest BCUT2D eigenvalue weighted by Crippen LogP contribution is 2.60. The van der Waals surface area contributed by atoms with Gasteiger partial charge in [-0.05, 0) is 105 Å². The second-order valence-electron chi connectivity index (χ2n) is 17.1. The molecule has 0 fully saturated rings. The standard InChI is InChI=1S/C52H47NO/c1-34-32-45-48(49-47(34)43-20-14-15-21-46(43)54-49)42-31-30-41(33-44(42)52(45,37-16-10-8-11-17-37)38-18-12-9-13-19-38)53(39-26-22-35(23-27-39)50(2,3)4)40-28-24-36(25-29-40)51(5,6)7/h8-33H,1-7H3. The van der Waals surface area contributed by atoms with Crippen molar-refractivity contribution in [2.45, 2.75) is 64.7 Å². The topological polar surface area (TPSA) is 16.4 Å². The summed E-state index contributed by atoms with van der Waals surface area (Å²) in [5.74, 6) is 0. The van der Waals surface area contributed by atoms with Crippen LogP contribution in [-0.4, -0.2) is 0 Å². The molecule has 0 unspecified atom stereocenters. The minimum Gasteiger partial charge on any atom is -0.455 e. The van der Waals surface area contributed by atoms with Crippen molar-refractivity contribution in [1.82, 2.24) is 0 Å². The van der Waals surface area contributed by atoms with E-state index in [0.717, 1.165) is 33.6 Å². The Balaban J connectivity index is 1.36. The van der Waals surface area contributed by atoms with Gasteiger partial charge < -0.3 is 9.32 Å². The molecule has 2 heteroatoms. The summed E-state index contributed by atoms with van der Waals surface area (Å²) < 4.78 is 6.88. The van der Waals surface area contributed by atoms with Gasteiger partial charge in [-0.15, -0.1) is 0 Å². The van der Waals surface area contributed by atoms with Crippen molar-refractivity contribution < 1.29 is 4.42 Å². The lowest BCUT2D eigenvalue weighted by Gasteiger charge is -2.35. The maximum atomic E-state index is 6.88. The Morgan fingerprint density at radius 1 is 0.500 bits per heavy atom. The molecular formula is C52H47NO. The number of rotatable bonds is 5. The molecule has 0 radical (unpaired) electrons. The number of hydrogen-bond donors (Lipinski definition) is 0. The molecule has 8 aromatic rings. The van der Waals surface area contributed by atoms with Crippen LogP contribution in [0.25, 0.3) is 33.1 Å². The summed E-state index contributed by atoms with van der Waals surface area (Å²) >= 11 is 0. The minimum absolute atomic E-state index is 0.0577. The normalized spacial score (nSPS) is 13.6. The highest BCUT2D eigenvalue weighted by Gasteiger charge is 2.48. The number of fused-ring (bicyclic) bond motifs is 7. The van der Waals surface area contributed by atoms with Gasteiger partial charge in [0.2, 0.25) is 0 Å². The zero-order valence-electron chi connectivity index (χ0n) is 32.4. The fourth-order valence-electron chi connectivity index (χ4n) is 8.84. The molecule has 266 valence electrons. The third-order valence-corrected chi connectivity index (χ3v) is 11.6. The summed E-state index contributed by atoms with van der Waals surface area (Å²) in [6.45, 7) is 15.9. The molecule has 54 heavy (non-hydrogen) atoms. The lowest BCUT2D eigenvalue weighted by Crippen LogP contribution is -2.29. The Morgan fingerprint density at radius 2 is 1.00 bits per heavy atom. The molecule has 0 saturated carbocycles. The largest absolute Gasteiger partial charge is 0.455 e. The van der Waals surface area contributed by atoms with Gasteiger partial charge in [0.05, 0.1) is 5.41 Å². The molecule has 7 aromatic carbocycles. The fraction of sp³-hybridized carbons (Fsp3) is 0.192. The van der Waals surface area contributed by atoms with Crippen molar-refractivity contribution in [3.05, 3.63) is 197 Å². The maximum Gasteiger partial charge on any atom is 0.143 e. The van der Waals surface area contributed by atoms with Crippen LogP contribution in [0.2, 0.25) is 0 Å². The second-order valence-corrected chi connectivity index (χ2v) is 17.1. The van der Waals surface area contributed by atoms with Gasteiger partial charge in [0.25, 0.3) is 0 Å². The lowest BCUT2D eigenvalue weighted by molar-refractivity contribution is 0.590. The Hall–Kier alpha value is -5.86. The van der Waals surface area contributed by atoms with E-state index in [2.05, 4.69) is 211 Å². The van der Waals surface area contributed by atoms with E-state index < -0.39 is 5.41 Å². The van der Waals surface area contributed by atoms with Crippen molar-refractivity contribution in [1.29, 1.82) is 0 Å². The van der Waals surface area contributed by atoms with Crippen LogP contribution in [0.4, 0.5) is 17.1 Å². The first kappa shape index (κ1) is 33.9. The van der Waals surface area contributed by atoms with Crippen LogP contribution in [0, 0.1) is 6.92 Å². The van der Waals surface area contributed by atoms with Crippen LogP contribution in [0.3, 0.4) is 0 Å². The van der Waals surface area contributed by atoms with Gasteiger partial charge in [-0.1, -0.05) is 157 Å². The van der Waals surface area contributed by atoms with Gasteiger partial charge in [0.1, 0.15) is 11.2 Å². The third-order valence-electron chi connectivity index (χ3n) is 11.6. The predicted molar refractivity (Wildman–Crippen MR) is 228 cm³/mol. The lowest BCUT2D eigenvalue weighted by atomic mass is 9.67. The van der Waals surface area contributed by atoms with E-state index in [9.17, 15) is 0 Å². The van der Waals surface area contributed by atoms with Crippen LogP contribution in [0.15, 0.2) is 162 Å². The third kappa shape index (κ3) is 5.22. The van der Waals surface area contributed by atoms with E-state index in [0.29, 0.717) is 0 Å². The van der Waals surface area contributed by atoms with Gasteiger partial charge in [-0.25, -0.2) is 0 Å². The first-order chi connectivity index (χ1) is 26.0. The van der Waals surface area contributed by atoms with Crippen molar-refractivity contribution in [3.8, 4) is 11.1 Å². The molecule has 0 aliphatic heterocycles. The number of para-hydroxylation sites is 1. The maximum absolute atomic E-state index is 6.88. The smallest absolute Gasteiger partial charge is 0.143 e. The van der Waals surface area contributed by atoms with Crippen molar-refractivity contribution >= 4 is 39.0 Å². The molecule has 0 N–H and O–H groups in total. The predicted octanol–water partition coefficient (Wildman–Crippen LogP) is 14.3. The number of hydrogen-bond acceptors (Lipinski definition) is 2. The van der Waals surface area contributed by atoms with E-state index in [4.69, 9.17) is 4.42 Å². The Kier molecular flexibility index (Phi) is 7.76. The number of benzene rings is 7. The van der Waals surface area contributed by atoms with E-state index in [1.807, 2.05) is 0 Å². The van der Waals surface area contributed by atoms with Gasteiger partial charge in [-0.3, -0.25) is 0 Å². The summed E-state index contributed by atoms with van der Waals surface area (Å²) in [6, 6.07) is 58.4. The first-order valence-corrected chi connectivity index (χ1v) is 19.2. The summed E-state index contributed by atoms with van der Waals surface area (Å²) in [5, 5.41) is 2.35. The molecule has 0 amide bonds. The zero-order chi connectivity index (χ0) is 37.4. The van der Waals surface area contributed by atoms with Crippen LogP contribution in [-0.2, 0) is 16.2 Å². The van der Waals surface area contributed by atoms with Gasteiger partial charge >= 0.3 is 0 Å². The van der Waals surface area contributed by atoms with Crippen molar-refractivity contribution in [3.63, 3.8) is 0 Å². The quantitative estimate of drug-likeness (QED) is 0.178. The molecule has 0 bridgehead atoms. The van der Waals surface area contributed by atoms with E-state index >= 15 is 0 Å². The molecular weight excluding hydrogens is 655 g/mol. The highest BCUT2D eigenvalue weighted by atomic mass is 16.3. The van der Waals surface area contributed by atoms with Crippen molar-refractivity contribution in [2.24, 2.45) is 0 Å². The fourth-order valence-corrected chi connectivity index (χ4v) is 8.84. The first-order valence-electron chi connectivity index (χ1n) is 19.2. The van der Waals surface area contributed by atoms with Crippen molar-refractivity contribution in [2.75, 3.05) is 4.90 Å². The van der Waals surface area contributed by atoms with Crippen LogP contribution in [0.1, 0.15) is 80.5 Å². The number of aryl methyl sites for hydroxylation is 1. The number of nitrogens with zero attached hydrogens (tertiary/aromatic N) is 1. The molecule has 1 aliphatic carbocycles. The molecule has 0 spiro atoms. The Morgan fingerprint density at radius 3 is 1.54 bits per heavy atom. The molecule has 0 saturated heterocycles. The summed E-state index contributed by atoms with van der Waals surface area (Å²) in [5.41, 5.74) is 16.0. The van der Waals surface area contributed by atoms with Crippen LogP contribution in [0.5, 0.6) is 0 Å². The number of furan rings is 1. The average molecular weight is 702 g/mol. The monoisotopic (exact) mass is 701 g/mol. The zero-order valence-corrected chi connectivity index (χ0v) is 32.4. The molecule has 1 aliphatic rings. The highest BCUT2D eigenvalue weighted by molar-refractivity contribution is 6.14. The molecule has 0 atom stereocenters. The summed E-state index contributed by atoms with van der Waals surface area (Å²) in [6.07, 6.45) is 0. The minimum atomic E-state index is -0.584. The molecule has 9 rings (SSSR count). The molecule has 1 aromatic heterocycles. The van der Waals surface area contributed by atoms with Gasteiger partial charge in [-0.2, -0.15) is 0 Å². The van der Waals surface area contributed by atoms with Gasteiger partial charge in [0, 0.05) is 33.4 Å². The average Bonchev–Trinajstić information content (AvgIpc) is 3.70. The molecule has 2 nitrogen and oxygen atoms in total. The number of anilines is 3. The van der Waals surface area contributed by atoms with Crippen LogP contribution < -0.4 is 4.90 Å². The van der Waals surface area contributed by atoms with E-state index in [1.165, 1.54) is 55.5 Å². The molecule has 1 heterocycles. The van der Waals surface area contributed by atoms with E-state index in [1.54, 1.807) is 0 Å². The summed E-state index contributed by atoms with van der Waals surface area (Å²) in [7, 11) is 0. The Labute approximate surface area is 319 Å². The van der Waals surface area contributed by atoms with Crippen LogP contribution >= 0.6 is 0 Å². The summed E-state index contributed by atoms with van der Waals surface area (Å²) in [4.78, 5) is 2.42. The van der Waals surface area contributed by atoms with Gasteiger partial charge in [0.15, 0.2) is 0 Å². The van der Waals surface area contributed by atoms with E-state index in [-0.39, 0.29) is 10.8 Å². The SMILES string of the molecule is Cc1cc2c(c3oc4ccccc4c13)-c1ccc(N(c3ccc(C(C)(C)C)cc3)c3ccc(C(C)(C)C)cc3)cc1C2(c1ccccc1)c1ccccc1. The Bertz CT molecular complexity index is 2550. The second kappa shape index (κ2) is 12.4.